The van der Waals surface area contributed by atoms with E-state index in [1.54, 1.807) is 18.3 Å². The molecule has 1 aliphatic heterocycles. The SMILES string of the molecule is Clc1ccc(SN2CCc3[nH]ncc3C2c2cncnc2)cc1. The molecule has 1 N–H and O–H groups in total. The summed E-state index contributed by atoms with van der Waals surface area (Å²) in [6.07, 6.45) is 8.14. The van der Waals surface area contributed by atoms with Gasteiger partial charge in [-0.05, 0) is 36.2 Å². The van der Waals surface area contributed by atoms with E-state index in [0.29, 0.717) is 0 Å². The second-order valence-electron chi connectivity index (χ2n) is 5.31. The largest absolute Gasteiger partial charge is 0.282 e. The fourth-order valence-corrected chi connectivity index (χ4v) is 3.97. The van der Waals surface area contributed by atoms with Crippen molar-refractivity contribution < 1.29 is 0 Å². The summed E-state index contributed by atoms with van der Waals surface area (Å²) in [5.74, 6) is 0. The van der Waals surface area contributed by atoms with Gasteiger partial charge in [0.05, 0.1) is 12.2 Å². The molecular weight excluding hydrogens is 330 g/mol. The number of nitrogens with one attached hydrogen (secondary N) is 1. The molecule has 0 radical (unpaired) electrons. The highest BCUT2D eigenvalue weighted by atomic mass is 35.5. The maximum absolute atomic E-state index is 5.98. The molecule has 4 rings (SSSR count). The molecule has 23 heavy (non-hydrogen) atoms. The van der Waals surface area contributed by atoms with E-state index >= 15 is 0 Å². The molecule has 116 valence electrons. The summed E-state index contributed by atoms with van der Waals surface area (Å²) in [4.78, 5) is 9.51. The Morgan fingerprint density at radius 1 is 1.13 bits per heavy atom. The normalized spacial score (nSPS) is 17.9. The van der Waals surface area contributed by atoms with Crippen LogP contribution in [-0.2, 0) is 6.42 Å². The molecule has 7 heteroatoms. The van der Waals surface area contributed by atoms with Gasteiger partial charge in [0.1, 0.15) is 6.33 Å². The predicted octanol–water partition coefficient (Wildman–Crippen LogP) is 3.51. The Kier molecular flexibility index (Phi) is 4.03. The number of nitrogens with zero attached hydrogens (tertiary/aromatic N) is 4. The van der Waals surface area contributed by atoms with Crippen LogP contribution in [0, 0.1) is 0 Å². The number of hydrogen-bond donors (Lipinski definition) is 1. The van der Waals surface area contributed by atoms with E-state index in [0.717, 1.165) is 28.4 Å². The monoisotopic (exact) mass is 343 g/mol. The number of benzene rings is 1. The second kappa shape index (κ2) is 6.31. The van der Waals surface area contributed by atoms with Gasteiger partial charge in [-0.15, -0.1) is 0 Å². The smallest absolute Gasteiger partial charge is 0.115 e. The van der Waals surface area contributed by atoms with Crippen molar-refractivity contribution in [3.05, 3.63) is 71.0 Å². The minimum absolute atomic E-state index is 0.0828. The van der Waals surface area contributed by atoms with Gasteiger partial charge in [-0.3, -0.25) is 5.10 Å². The highest BCUT2D eigenvalue weighted by molar-refractivity contribution is 7.97. The lowest BCUT2D eigenvalue weighted by Gasteiger charge is -2.34. The highest BCUT2D eigenvalue weighted by Crippen LogP contribution is 2.40. The summed E-state index contributed by atoms with van der Waals surface area (Å²) in [6, 6.07) is 7.99. The molecule has 0 bridgehead atoms. The van der Waals surface area contributed by atoms with Gasteiger partial charge in [-0.25, -0.2) is 14.3 Å². The maximum atomic E-state index is 5.98. The summed E-state index contributed by atoms with van der Waals surface area (Å²) >= 11 is 7.70. The average molecular weight is 344 g/mol. The summed E-state index contributed by atoms with van der Waals surface area (Å²) in [5, 5.41) is 8.07. The van der Waals surface area contributed by atoms with Gasteiger partial charge in [0.2, 0.25) is 0 Å². The Bertz CT molecular complexity index is 790. The third-order valence-corrected chi connectivity index (χ3v) is 5.21. The number of H-pyrrole nitrogens is 1. The molecule has 1 unspecified atom stereocenters. The summed E-state index contributed by atoms with van der Waals surface area (Å²) in [5.41, 5.74) is 3.44. The first-order valence-corrected chi connectivity index (χ1v) is 8.43. The van der Waals surface area contributed by atoms with Crippen molar-refractivity contribution in [1.82, 2.24) is 24.5 Å². The third-order valence-electron chi connectivity index (χ3n) is 3.85. The zero-order valence-corrected chi connectivity index (χ0v) is 13.8. The van der Waals surface area contributed by atoms with Crippen molar-refractivity contribution in [2.24, 2.45) is 0 Å². The Labute approximate surface area is 143 Å². The number of rotatable bonds is 3. The number of aromatic amines is 1. The van der Waals surface area contributed by atoms with E-state index in [1.807, 2.05) is 42.9 Å². The fraction of sp³-hybridized carbons (Fsp3) is 0.188. The van der Waals surface area contributed by atoms with Crippen LogP contribution in [0.15, 0.2) is 54.1 Å². The number of halogens is 1. The van der Waals surface area contributed by atoms with Gasteiger partial charge < -0.3 is 0 Å². The number of fused-ring (bicyclic) bond motifs is 1. The van der Waals surface area contributed by atoms with Gasteiger partial charge in [0.15, 0.2) is 0 Å². The van der Waals surface area contributed by atoms with E-state index in [9.17, 15) is 0 Å². The topological polar surface area (TPSA) is 57.7 Å². The van der Waals surface area contributed by atoms with Gasteiger partial charge in [-0.2, -0.15) is 5.10 Å². The van der Waals surface area contributed by atoms with Crippen molar-refractivity contribution in [3.63, 3.8) is 0 Å². The van der Waals surface area contributed by atoms with Crippen LogP contribution in [0.5, 0.6) is 0 Å². The van der Waals surface area contributed by atoms with E-state index in [-0.39, 0.29) is 6.04 Å². The molecule has 0 aliphatic carbocycles. The van der Waals surface area contributed by atoms with Gasteiger partial charge in [0.25, 0.3) is 0 Å². The maximum Gasteiger partial charge on any atom is 0.115 e. The molecule has 0 saturated carbocycles. The van der Waals surface area contributed by atoms with E-state index in [1.165, 1.54) is 11.3 Å². The Morgan fingerprint density at radius 3 is 2.70 bits per heavy atom. The minimum atomic E-state index is 0.0828. The summed E-state index contributed by atoms with van der Waals surface area (Å²) in [6.45, 7) is 0.919. The van der Waals surface area contributed by atoms with Gasteiger partial charge in [0, 0.05) is 52.1 Å². The van der Waals surface area contributed by atoms with Gasteiger partial charge >= 0.3 is 0 Å². The minimum Gasteiger partial charge on any atom is -0.282 e. The van der Waals surface area contributed by atoms with Crippen LogP contribution in [0.2, 0.25) is 5.02 Å². The Balaban J connectivity index is 1.69. The van der Waals surface area contributed by atoms with E-state index < -0.39 is 0 Å². The first-order chi connectivity index (χ1) is 11.3. The molecule has 0 saturated heterocycles. The van der Waals surface area contributed by atoms with Crippen molar-refractivity contribution >= 4 is 23.5 Å². The molecule has 0 amide bonds. The predicted molar refractivity (Wildman–Crippen MR) is 90.2 cm³/mol. The van der Waals surface area contributed by atoms with Gasteiger partial charge in [-0.1, -0.05) is 11.6 Å². The van der Waals surface area contributed by atoms with Crippen molar-refractivity contribution in [3.8, 4) is 0 Å². The van der Waals surface area contributed by atoms with E-state index in [2.05, 4.69) is 24.5 Å². The summed E-state index contributed by atoms with van der Waals surface area (Å²) < 4.78 is 2.35. The van der Waals surface area contributed by atoms with Crippen LogP contribution in [0.1, 0.15) is 22.9 Å². The molecule has 1 aliphatic rings. The molecule has 3 aromatic rings. The molecule has 1 atom stereocenters. The Hall–Kier alpha value is -1.89. The first kappa shape index (κ1) is 14.7. The van der Waals surface area contributed by atoms with Crippen LogP contribution in [0.3, 0.4) is 0 Å². The lowest BCUT2D eigenvalue weighted by molar-refractivity contribution is 0.381. The van der Waals surface area contributed by atoms with Crippen molar-refractivity contribution in [2.45, 2.75) is 17.4 Å². The first-order valence-electron chi connectivity index (χ1n) is 7.28. The quantitative estimate of drug-likeness (QED) is 0.737. The molecule has 3 heterocycles. The van der Waals surface area contributed by atoms with Crippen LogP contribution in [0.4, 0.5) is 0 Å². The van der Waals surface area contributed by atoms with Crippen LogP contribution < -0.4 is 0 Å². The zero-order valence-electron chi connectivity index (χ0n) is 12.2. The lowest BCUT2D eigenvalue weighted by Crippen LogP contribution is -2.30. The molecule has 2 aromatic heterocycles. The molecule has 0 fully saturated rings. The lowest BCUT2D eigenvalue weighted by atomic mass is 9.97. The zero-order chi connectivity index (χ0) is 15.6. The van der Waals surface area contributed by atoms with Crippen LogP contribution in [0.25, 0.3) is 0 Å². The molecule has 0 spiro atoms. The number of hydrogen-bond acceptors (Lipinski definition) is 5. The van der Waals surface area contributed by atoms with Crippen LogP contribution >= 0.6 is 23.5 Å². The van der Waals surface area contributed by atoms with Crippen molar-refractivity contribution in [1.29, 1.82) is 0 Å². The molecule has 1 aromatic carbocycles. The van der Waals surface area contributed by atoms with E-state index in [4.69, 9.17) is 11.6 Å². The highest BCUT2D eigenvalue weighted by Gasteiger charge is 2.31. The Morgan fingerprint density at radius 2 is 1.91 bits per heavy atom. The molecular formula is C16H14ClN5S. The average Bonchev–Trinajstić information content (AvgIpc) is 3.06. The van der Waals surface area contributed by atoms with Crippen molar-refractivity contribution in [2.75, 3.05) is 6.54 Å². The standard InChI is InChI=1S/C16H14ClN5S/c17-12-1-3-13(4-2-12)23-22-6-5-15-14(9-20-21-15)16(22)11-7-18-10-19-8-11/h1-4,7-10,16H,5-6H2,(H,20,21). The van der Waals surface area contributed by atoms with Crippen LogP contribution in [-0.4, -0.2) is 31.0 Å². The summed E-state index contributed by atoms with van der Waals surface area (Å²) in [7, 11) is 0. The molecule has 5 nitrogen and oxygen atoms in total. The third kappa shape index (κ3) is 2.97. The second-order valence-corrected chi connectivity index (χ2v) is 6.87. The number of aromatic nitrogens is 4. The fourth-order valence-electron chi connectivity index (χ4n) is 2.79.